The zero-order chi connectivity index (χ0) is 22.4. The van der Waals surface area contributed by atoms with Gasteiger partial charge in [0.25, 0.3) is 5.91 Å². The Morgan fingerprint density at radius 1 is 1.19 bits per heavy atom. The minimum Gasteiger partial charge on any atom is -0.348 e. The van der Waals surface area contributed by atoms with Gasteiger partial charge >= 0.3 is 0 Å². The summed E-state index contributed by atoms with van der Waals surface area (Å²) in [7, 11) is 0. The molecule has 8 nitrogen and oxygen atoms in total. The maximum Gasteiger partial charge on any atom is 0.254 e. The number of benzene rings is 1. The number of carbonyl (C=O) groups excluding carboxylic acids is 3. The second kappa shape index (κ2) is 10.1. The molecule has 164 valence electrons. The Hall–Kier alpha value is -3.36. The summed E-state index contributed by atoms with van der Waals surface area (Å²) < 4.78 is 13.0. The van der Waals surface area contributed by atoms with Crippen LogP contribution in [-0.4, -0.2) is 52.2 Å². The van der Waals surface area contributed by atoms with E-state index in [0.717, 1.165) is 18.4 Å². The van der Waals surface area contributed by atoms with Gasteiger partial charge < -0.3 is 15.5 Å². The molecule has 3 amide bonds. The highest BCUT2D eigenvalue weighted by Gasteiger charge is 2.27. The number of halogens is 1. The van der Waals surface area contributed by atoms with Crippen LogP contribution in [0.15, 0.2) is 30.5 Å². The molecule has 1 atom stereocenters. The third kappa shape index (κ3) is 6.07. The third-order valence-electron chi connectivity index (χ3n) is 5.24. The van der Waals surface area contributed by atoms with Gasteiger partial charge in [-0.25, -0.2) is 14.4 Å². The van der Waals surface area contributed by atoms with E-state index in [0.29, 0.717) is 30.2 Å². The molecule has 0 unspecified atom stereocenters. The second-order valence-corrected chi connectivity index (χ2v) is 7.63. The normalized spacial score (nSPS) is 16.0. The van der Waals surface area contributed by atoms with Crippen molar-refractivity contribution in [2.45, 2.75) is 39.2 Å². The van der Waals surface area contributed by atoms with E-state index < -0.39 is 0 Å². The van der Waals surface area contributed by atoms with Crippen molar-refractivity contribution < 1.29 is 18.8 Å². The molecule has 2 N–H and O–H groups in total. The highest BCUT2D eigenvalue weighted by Crippen LogP contribution is 2.25. The first-order valence-electron chi connectivity index (χ1n) is 10.2. The van der Waals surface area contributed by atoms with Crippen molar-refractivity contribution in [3.63, 3.8) is 0 Å². The van der Waals surface area contributed by atoms with Gasteiger partial charge in [0.2, 0.25) is 11.8 Å². The van der Waals surface area contributed by atoms with E-state index in [1.54, 1.807) is 24.0 Å². The number of carbonyl (C=O) groups is 3. The summed E-state index contributed by atoms with van der Waals surface area (Å²) in [5.74, 6) is -0.422. The smallest absolute Gasteiger partial charge is 0.254 e. The van der Waals surface area contributed by atoms with Crippen LogP contribution in [0.2, 0.25) is 0 Å². The lowest BCUT2D eigenvalue weighted by atomic mass is 9.96. The first-order chi connectivity index (χ1) is 14.8. The predicted octanol–water partition coefficient (Wildman–Crippen LogP) is 1.70. The van der Waals surface area contributed by atoms with Crippen LogP contribution in [0, 0.1) is 12.7 Å². The molecule has 1 aliphatic rings. The number of nitrogens with one attached hydrogen (secondary N) is 2. The van der Waals surface area contributed by atoms with E-state index >= 15 is 0 Å². The maximum atomic E-state index is 13.0. The predicted molar refractivity (Wildman–Crippen MR) is 112 cm³/mol. The molecule has 9 heteroatoms. The van der Waals surface area contributed by atoms with Gasteiger partial charge in [-0.3, -0.25) is 14.4 Å². The summed E-state index contributed by atoms with van der Waals surface area (Å²) >= 11 is 0. The van der Waals surface area contributed by atoms with Crippen LogP contribution < -0.4 is 10.6 Å². The molecule has 1 aliphatic heterocycles. The fourth-order valence-corrected chi connectivity index (χ4v) is 3.51. The van der Waals surface area contributed by atoms with Crippen LogP contribution in [0.3, 0.4) is 0 Å². The summed E-state index contributed by atoms with van der Waals surface area (Å²) in [5.41, 5.74) is 1.72. The highest BCUT2D eigenvalue weighted by atomic mass is 19.1. The lowest BCUT2D eigenvalue weighted by Gasteiger charge is -2.32. The largest absolute Gasteiger partial charge is 0.348 e. The number of aryl methyl sites for hydroxylation is 1. The molecule has 1 saturated heterocycles. The third-order valence-corrected chi connectivity index (χ3v) is 5.24. The Morgan fingerprint density at radius 3 is 2.61 bits per heavy atom. The van der Waals surface area contributed by atoms with E-state index in [9.17, 15) is 18.8 Å². The standard InChI is InChI=1S/C22H26FN5O3/c1-14-19(22(31)26-10-16-5-7-18(23)8-6-16)11-25-21(27-14)17-4-3-9-28(13-17)20(30)12-24-15(2)29/h5-8,11,17H,3-4,9-10,12-13H2,1-2H3,(H,24,29)(H,26,31)/t17-/m0/s1. The molecular formula is C22H26FN5O3. The Balaban J connectivity index is 1.61. The van der Waals surface area contributed by atoms with Gasteiger partial charge in [0.05, 0.1) is 17.8 Å². The van der Waals surface area contributed by atoms with Gasteiger partial charge in [0.1, 0.15) is 11.6 Å². The van der Waals surface area contributed by atoms with Crippen molar-refractivity contribution in [2.24, 2.45) is 0 Å². The van der Waals surface area contributed by atoms with E-state index in [-0.39, 0.29) is 42.5 Å². The molecule has 1 aromatic carbocycles. The Labute approximate surface area is 180 Å². The van der Waals surface area contributed by atoms with Crippen LogP contribution in [0.1, 0.15) is 53.1 Å². The first-order valence-corrected chi connectivity index (χ1v) is 10.2. The van der Waals surface area contributed by atoms with Gasteiger partial charge in [-0.05, 0) is 37.5 Å². The average Bonchev–Trinajstić information content (AvgIpc) is 2.76. The second-order valence-electron chi connectivity index (χ2n) is 7.63. The van der Waals surface area contributed by atoms with Crippen molar-refractivity contribution in [1.29, 1.82) is 0 Å². The molecule has 3 rings (SSSR count). The molecule has 0 radical (unpaired) electrons. The molecule has 0 spiro atoms. The molecule has 1 fully saturated rings. The summed E-state index contributed by atoms with van der Waals surface area (Å²) in [6.45, 7) is 4.50. The number of piperidine rings is 1. The zero-order valence-electron chi connectivity index (χ0n) is 17.7. The lowest BCUT2D eigenvalue weighted by Crippen LogP contribution is -2.44. The molecule has 31 heavy (non-hydrogen) atoms. The molecule has 1 aromatic heterocycles. The SMILES string of the molecule is CC(=O)NCC(=O)N1CCC[C@H](c2ncc(C(=O)NCc3ccc(F)cc3)c(C)n2)C1. The monoisotopic (exact) mass is 427 g/mol. The van der Waals surface area contributed by atoms with E-state index in [1.165, 1.54) is 25.3 Å². The Kier molecular flexibility index (Phi) is 7.28. The van der Waals surface area contributed by atoms with E-state index in [2.05, 4.69) is 20.6 Å². The summed E-state index contributed by atoms with van der Waals surface area (Å²) in [6, 6.07) is 5.92. The number of rotatable bonds is 6. The van der Waals surface area contributed by atoms with Gasteiger partial charge in [0, 0.05) is 38.7 Å². The van der Waals surface area contributed by atoms with Gasteiger partial charge in [-0.15, -0.1) is 0 Å². The van der Waals surface area contributed by atoms with Crippen LogP contribution >= 0.6 is 0 Å². The van der Waals surface area contributed by atoms with Crippen LogP contribution in [0.5, 0.6) is 0 Å². The average molecular weight is 427 g/mol. The van der Waals surface area contributed by atoms with Crippen LogP contribution in [-0.2, 0) is 16.1 Å². The fourth-order valence-electron chi connectivity index (χ4n) is 3.51. The summed E-state index contributed by atoms with van der Waals surface area (Å²) in [5, 5.41) is 5.32. The van der Waals surface area contributed by atoms with Crippen molar-refractivity contribution >= 4 is 17.7 Å². The van der Waals surface area contributed by atoms with Gasteiger partial charge in [-0.2, -0.15) is 0 Å². The molecule has 0 bridgehead atoms. The van der Waals surface area contributed by atoms with Crippen molar-refractivity contribution in [1.82, 2.24) is 25.5 Å². The number of hydrogen-bond acceptors (Lipinski definition) is 5. The molecular weight excluding hydrogens is 401 g/mol. The molecule has 2 heterocycles. The first kappa shape index (κ1) is 22.3. The molecule has 0 saturated carbocycles. The number of hydrogen-bond donors (Lipinski definition) is 2. The number of likely N-dealkylation sites (tertiary alicyclic amines) is 1. The van der Waals surface area contributed by atoms with Crippen LogP contribution in [0.4, 0.5) is 4.39 Å². The van der Waals surface area contributed by atoms with Crippen LogP contribution in [0.25, 0.3) is 0 Å². The number of nitrogens with zero attached hydrogens (tertiary/aromatic N) is 3. The number of amides is 3. The van der Waals surface area contributed by atoms with Crippen molar-refractivity contribution in [2.75, 3.05) is 19.6 Å². The summed E-state index contributed by atoms with van der Waals surface area (Å²) in [4.78, 5) is 46.5. The number of aromatic nitrogens is 2. The summed E-state index contributed by atoms with van der Waals surface area (Å²) in [6.07, 6.45) is 3.17. The maximum absolute atomic E-state index is 13.0. The van der Waals surface area contributed by atoms with Crippen molar-refractivity contribution in [3.05, 3.63) is 58.9 Å². The van der Waals surface area contributed by atoms with Gasteiger partial charge in [0.15, 0.2) is 0 Å². The Morgan fingerprint density at radius 2 is 1.94 bits per heavy atom. The van der Waals surface area contributed by atoms with Gasteiger partial charge in [-0.1, -0.05) is 12.1 Å². The highest BCUT2D eigenvalue weighted by molar-refractivity contribution is 5.94. The van der Waals surface area contributed by atoms with E-state index in [4.69, 9.17) is 0 Å². The lowest BCUT2D eigenvalue weighted by molar-refractivity contribution is -0.133. The van der Waals surface area contributed by atoms with E-state index in [1.807, 2.05) is 0 Å². The molecule has 2 aromatic rings. The Bertz CT molecular complexity index is 964. The van der Waals surface area contributed by atoms with Crippen molar-refractivity contribution in [3.8, 4) is 0 Å². The quantitative estimate of drug-likeness (QED) is 0.730. The topological polar surface area (TPSA) is 104 Å². The fraction of sp³-hybridized carbons (Fsp3) is 0.409. The zero-order valence-corrected chi connectivity index (χ0v) is 17.7. The molecule has 0 aliphatic carbocycles. The minimum atomic E-state index is -0.326. The minimum absolute atomic E-state index is 0.0187.